The molecular formula is C22H17FIN3O2. The normalized spacial score (nSPS) is 13.7. The second kappa shape index (κ2) is 7.90. The van der Waals surface area contributed by atoms with Gasteiger partial charge in [0.1, 0.15) is 11.5 Å². The lowest BCUT2D eigenvalue weighted by Crippen LogP contribution is -2.29. The number of benzene rings is 1. The quantitative estimate of drug-likeness (QED) is 0.468. The highest BCUT2D eigenvalue weighted by molar-refractivity contribution is 14.1. The Labute approximate surface area is 181 Å². The summed E-state index contributed by atoms with van der Waals surface area (Å²) in [5, 5.41) is 0. The smallest absolute Gasteiger partial charge is 0.224 e. The van der Waals surface area contributed by atoms with E-state index < -0.39 is 5.82 Å². The van der Waals surface area contributed by atoms with Crippen molar-refractivity contribution in [2.45, 2.75) is 13.5 Å². The van der Waals surface area contributed by atoms with Gasteiger partial charge in [0.15, 0.2) is 0 Å². The largest absolute Gasteiger partial charge is 0.481 e. The summed E-state index contributed by atoms with van der Waals surface area (Å²) in [7, 11) is 1.52. The molecule has 0 saturated heterocycles. The summed E-state index contributed by atoms with van der Waals surface area (Å²) in [5.41, 5.74) is 3.73. The maximum Gasteiger partial charge on any atom is 0.224 e. The summed E-state index contributed by atoms with van der Waals surface area (Å²) >= 11 is 2.21. The van der Waals surface area contributed by atoms with E-state index >= 15 is 0 Å². The van der Waals surface area contributed by atoms with Gasteiger partial charge in [0.2, 0.25) is 11.8 Å². The van der Waals surface area contributed by atoms with Crippen molar-refractivity contribution in [1.29, 1.82) is 0 Å². The lowest BCUT2D eigenvalue weighted by atomic mass is 10.0. The zero-order valence-electron chi connectivity index (χ0n) is 15.8. The van der Waals surface area contributed by atoms with E-state index in [4.69, 9.17) is 4.74 Å². The third-order valence-corrected chi connectivity index (χ3v) is 5.39. The Bertz CT molecular complexity index is 1130. The molecule has 1 aliphatic rings. The van der Waals surface area contributed by atoms with Crippen molar-refractivity contribution in [2.24, 2.45) is 0 Å². The Balaban J connectivity index is 1.84. The average molecular weight is 501 g/mol. The molecule has 0 fully saturated rings. The number of amides is 1. The van der Waals surface area contributed by atoms with Crippen molar-refractivity contribution < 1.29 is 13.9 Å². The highest BCUT2D eigenvalue weighted by Crippen LogP contribution is 2.32. The maximum absolute atomic E-state index is 14.9. The number of fused-ring (bicyclic) bond motifs is 2. The number of nitrogens with zero attached hydrogens (tertiary/aromatic N) is 3. The Kier molecular flexibility index (Phi) is 5.31. The SMILES string of the molecule is COc1ccc(-c2nc3c(cc2F)CN(C(C)=O)c2cc(I)ccc2/C=C\3)cn1. The fourth-order valence-electron chi connectivity index (χ4n) is 3.25. The highest BCUT2D eigenvalue weighted by atomic mass is 127. The van der Waals surface area contributed by atoms with E-state index in [1.807, 2.05) is 30.4 Å². The number of ether oxygens (including phenoxy) is 1. The number of halogens is 2. The minimum atomic E-state index is -0.462. The maximum atomic E-state index is 14.9. The first kappa shape index (κ1) is 19.5. The monoisotopic (exact) mass is 501 g/mol. The van der Waals surface area contributed by atoms with E-state index in [-0.39, 0.29) is 18.1 Å². The van der Waals surface area contributed by atoms with Crippen LogP contribution in [0.25, 0.3) is 23.4 Å². The molecule has 29 heavy (non-hydrogen) atoms. The number of rotatable bonds is 2. The van der Waals surface area contributed by atoms with Gasteiger partial charge in [-0.3, -0.25) is 4.79 Å². The van der Waals surface area contributed by atoms with Gasteiger partial charge in [-0.25, -0.2) is 14.4 Å². The molecule has 7 heteroatoms. The van der Waals surface area contributed by atoms with Crippen LogP contribution in [-0.2, 0) is 11.3 Å². The lowest BCUT2D eigenvalue weighted by Gasteiger charge is -2.26. The Morgan fingerprint density at radius 1 is 1.21 bits per heavy atom. The van der Waals surface area contributed by atoms with E-state index in [0.29, 0.717) is 22.7 Å². The summed E-state index contributed by atoms with van der Waals surface area (Å²) in [5.74, 6) is -0.127. The Morgan fingerprint density at radius 3 is 2.72 bits per heavy atom. The summed E-state index contributed by atoms with van der Waals surface area (Å²) in [6, 6.07) is 10.7. The topological polar surface area (TPSA) is 55.3 Å². The zero-order chi connectivity index (χ0) is 20.5. The van der Waals surface area contributed by atoms with E-state index in [1.54, 1.807) is 17.0 Å². The molecular weight excluding hydrogens is 484 g/mol. The first-order valence-electron chi connectivity index (χ1n) is 8.92. The van der Waals surface area contributed by atoms with Crippen molar-refractivity contribution in [3.8, 4) is 17.1 Å². The molecule has 3 aromatic rings. The van der Waals surface area contributed by atoms with Crippen molar-refractivity contribution in [1.82, 2.24) is 9.97 Å². The molecule has 0 saturated carbocycles. The number of hydrogen-bond donors (Lipinski definition) is 0. The molecule has 0 bridgehead atoms. The van der Waals surface area contributed by atoms with Gasteiger partial charge in [0, 0.05) is 33.9 Å². The highest BCUT2D eigenvalue weighted by Gasteiger charge is 2.21. The number of hydrogen-bond acceptors (Lipinski definition) is 4. The van der Waals surface area contributed by atoms with Gasteiger partial charge in [-0.2, -0.15) is 0 Å². The number of carbonyl (C=O) groups is 1. The van der Waals surface area contributed by atoms with Crippen LogP contribution < -0.4 is 9.64 Å². The molecule has 0 aliphatic carbocycles. The molecule has 0 atom stereocenters. The second-order valence-corrected chi connectivity index (χ2v) is 7.84. The number of aromatic nitrogens is 2. The minimum Gasteiger partial charge on any atom is -0.481 e. The van der Waals surface area contributed by atoms with Crippen LogP contribution in [0.3, 0.4) is 0 Å². The summed E-state index contributed by atoms with van der Waals surface area (Å²) in [6.45, 7) is 1.75. The molecule has 5 nitrogen and oxygen atoms in total. The number of anilines is 1. The number of carbonyl (C=O) groups excluding carboxylic acids is 1. The molecule has 3 heterocycles. The van der Waals surface area contributed by atoms with Crippen LogP contribution in [0.15, 0.2) is 42.6 Å². The summed E-state index contributed by atoms with van der Waals surface area (Å²) in [6.07, 6.45) is 5.29. The molecule has 4 rings (SSSR count). The van der Waals surface area contributed by atoms with Crippen LogP contribution in [-0.4, -0.2) is 23.0 Å². The molecule has 0 spiro atoms. The molecule has 1 aliphatic heterocycles. The average Bonchev–Trinajstić information content (AvgIpc) is 2.70. The first-order chi connectivity index (χ1) is 14.0. The molecule has 1 amide bonds. The predicted octanol–water partition coefficient (Wildman–Crippen LogP) is 4.93. The van der Waals surface area contributed by atoms with Crippen LogP contribution in [0, 0.1) is 9.39 Å². The van der Waals surface area contributed by atoms with Crippen LogP contribution in [0.5, 0.6) is 5.88 Å². The fraction of sp³-hybridized carbons (Fsp3) is 0.136. The van der Waals surface area contributed by atoms with E-state index in [1.165, 1.54) is 26.3 Å². The van der Waals surface area contributed by atoms with Crippen molar-refractivity contribution in [3.63, 3.8) is 0 Å². The molecule has 0 radical (unpaired) electrons. The van der Waals surface area contributed by atoms with Gasteiger partial charge in [0.25, 0.3) is 0 Å². The second-order valence-electron chi connectivity index (χ2n) is 6.59. The van der Waals surface area contributed by atoms with Crippen LogP contribution in [0.1, 0.15) is 23.7 Å². The number of pyridine rings is 2. The van der Waals surface area contributed by atoms with Gasteiger partial charge in [0.05, 0.1) is 25.0 Å². The minimum absolute atomic E-state index is 0.113. The molecule has 0 N–H and O–H groups in total. The Morgan fingerprint density at radius 2 is 2.03 bits per heavy atom. The van der Waals surface area contributed by atoms with E-state index in [0.717, 1.165) is 14.8 Å². The van der Waals surface area contributed by atoms with Crippen molar-refractivity contribution >= 4 is 46.3 Å². The summed E-state index contributed by atoms with van der Waals surface area (Å²) in [4.78, 5) is 22.7. The van der Waals surface area contributed by atoms with Gasteiger partial charge in [-0.1, -0.05) is 12.1 Å². The van der Waals surface area contributed by atoms with Crippen LogP contribution in [0.2, 0.25) is 0 Å². The molecule has 1 aromatic carbocycles. The van der Waals surface area contributed by atoms with Gasteiger partial charge in [-0.15, -0.1) is 0 Å². The standard InChI is InChI=1S/C22H17FIN3O2/c1-13(28)27-12-16-9-18(23)22(15-5-8-21(29-2)25-11-15)26-19(16)7-4-14-3-6-17(24)10-20(14)27/h3-11H,12H2,1-2H3/b7-4-. The van der Waals surface area contributed by atoms with E-state index in [2.05, 4.69) is 32.6 Å². The molecule has 0 unspecified atom stereocenters. The van der Waals surface area contributed by atoms with Gasteiger partial charge >= 0.3 is 0 Å². The molecule has 2 aromatic heterocycles. The molecule has 146 valence electrons. The van der Waals surface area contributed by atoms with Crippen LogP contribution >= 0.6 is 22.6 Å². The van der Waals surface area contributed by atoms with Gasteiger partial charge in [-0.05, 0) is 58.5 Å². The fourth-order valence-corrected chi connectivity index (χ4v) is 3.73. The van der Waals surface area contributed by atoms with Crippen molar-refractivity contribution in [2.75, 3.05) is 12.0 Å². The third-order valence-electron chi connectivity index (χ3n) is 4.72. The summed E-state index contributed by atoms with van der Waals surface area (Å²) < 4.78 is 21.0. The number of methoxy groups -OCH3 is 1. The zero-order valence-corrected chi connectivity index (χ0v) is 18.0. The van der Waals surface area contributed by atoms with Crippen LogP contribution in [0.4, 0.5) is 10.1 Å². The lowest BCUT2D eigenvalue weighted by molar-refractivity contribution is -0.116. The third kappa shape index (κ3) is 3.87. The van der Waals surface area contributed by atoms with Crippen molar-refractivity contribution in [3.05, 3.63) is 68.8 Å². The predicted molar refractivity (Wildman–Crippen MR) is 119 cm³/mol. The van der Waals surface area contributed by atoms with E-state index in [9.17, 15) is 9.18 Å². The van der Waals surface area contributed by atoms with Gasteiger partial charge < -0.3 is 9.64 Å². The first-order valence-corrected chi connectivity index (χ1v) is 9.99. The Hall–Kier alpha value is -2.81.